The summed E-state index contributed by atoms with van der Waals surface area (Å²) in [6, 6.07) is 15.0. The van der Waals surface area contributed by atoms with Gasteiger partial charge < -0.3 is 4.74 Å². The van der Waals surface area contributed by atoms with Crippen LogP contribution in [-0.2, 0) is 0 Å². The molecule has 0 aliphatic heterocycles. The molecule has 0 saturated heterocycles. The summed E-state index contributed by atoms with van der Waals surface area (Å²) in [7, 11) is 0. The number of allylic oxidation sites excluding steroid dienone is 1. The zero-order valence-corrected chi connectivity index (χ0v) is 12.8. The quantitative estimate of drug-likeness (QED) is 0.584. The fourth-order valence-electron chi connectivity index (χ4n) is 1.72. The SMILES string of the molecule is CCOc1ccc(/C=C\C(=O)c2ccc(Br)cc2)cc1. The maximum Gasteiger partial charge on any atom is 0.185 e. The van der Waals surface area contributed by atoms with E-state index in [-0.39, 0.29) is 5.78 Å². The number of hydrogen-bond acceptors (Lipinski definition) is 2. The van der Waals surface area contributed by atoms with Crippen LogP contribution in [0.5, 0.6) is 5.75 Å². The molecule has 102 valence electrons. The van der Waals surface area contributed by atoms with Gasteiger partial charge in [0, 0.05) is 10.0 Å². The number of carbonyl (C=O) groups excluding carboxylic acids is 1. The maximum atomic E-state index is 12.0. The molecule has 0 aliphatic carbocycles. The van der Waals surface area contributed by atoms with Crippen LogP contribution in [-0.4, -0.2) is 12.4 Å². The minimum atomic E-state index is -0.00798. The minimum absolute atomic E-state index is 0.00798. The predicted octanol–water partition coefficient (Wildman–Crippen LogP) is 4.74. The molecule has 0 spiro atoms. The molecule has 2 aromatic carbocycles. The van der Waals surface area contributed by atoms with Crippen LogP contribution in [0, 0.1) is 0 Å². The molecule has 0 unspecified atom stereocenters. The van der Waals surface area contributed by atoms with Gasteiger partial charge in [0.15, 0.2) is 5.78 Å². The third kappa shape index (κ3) is 4.07. The predicted molar refractivity (Wildman–Crippen MR) is 85.1 cm³/mol. The van der Waals surface area contributed by atoms with Gasteiger partial charge in [-0.05, 0) is 55.0 Å². The van der Waals surface area contributed by atoms with E-state index in [2.05, 4.69) is 15.9 Å². The minimum Gasteiger partial charge on any atom is -0.494 e. The topological polar surface area (TPSA) is 26.3 Å². The summed E-state index contributed by atoms with van der Waals surface area (Å²) in [4.78, 5) is 12.0. The molecule has 2 nitrogen and oxygen atoms in total. The van der Waals surface area contributed by atoms with Gasteiger partial charge in [0.05, 0.1) is 6.61 Å². The lowest BCUT2D eigenvalue weighted by Crippen LogP contribution is -1.93. The average Bonchev–Trinajstić information content (AvgIpc) is 2.47. The van der Waals surface area contributed by atoms with Crippen LogP contribution >= 0.6 is 15.9 Å². The molecule has 0 aromatic heterocycles. The highest BCUT2D eigenvalue weighted by atomic mass is 79.9. The Morgan fingerprint density at radius 2 is 1.75 bits per heavy atom. The van der Waals surface area contributed by atoms with Crippen LogP contribution in [0.4, 0.5) is 0 Å². The van der Waals surface area contributed by atoms with Crippen molar-refractivity contribution in [3.8, 4) is 5.75 Å². The molecule has 0 N–H and O–H groups in total. The first kappa shape index (κ1) is 14.5. The van der Waals surface area contributed by atoms with Crippen LogP contribution in [0.2, 0.25) is 0 Å². The Labute approximate surface area is 127 Å². The molecular weight excluding hydrogens is 316 g/mol. The second kappa shape index (κ2) is 7.06. The van der Waals surface area contributed by atoms with Crippen LogP contribution in [0.3, 0.4) is 0 Å². The molecule has 0 bridgehead atoms. The van der Waals surface area contributed by atoms with Gasteiger partial charge in [-0.15, -0.1) is 0 Å². The van der Waals surface area contributed by atoms with Gasteiger partial charge >= 0.3 is 0 Å². The van der Waals surface area contributed by atoms with Gasteiger partial charge in [0.2, 0.25) is 0 Å². The van der Waals surface area contributed by atoms with E-state index in [1.54, 1.807) is 24.3 Å². The third-order valence-corrected chi connectivity index (χ3v) is 3.28. The molecule has 0 saturated carbocycles. The molecule has 20 heavy (non-hydrogen) atoms. The first-order chi connectivity index (χ1) is 9.69. The van der Waals surface area contributed by atoms with E-state index in [9.17, 15) is 4.79 Å². The number of rotatable bonds is 5. The summed E-state index contributed by atoms with van der Waals surface area (Å²) >= 11 is 3.35. The molecule has 2 rings (SSSR count). The zero-order valence-electron chi connectivity index (χ0n) is 11.2. The zero-order chi connectivity index (χ0) is 14.4. The number of carbonyl (C=O) groups is 1. The van der Waals surface area contributed by atoms with Crippen molar-refractivity contribution in [3.05, 3.63) is 70.2 Å². The Hall–Kier alpha value is -1.87. The van der Waals surface area contributed by atoms with E-state index >= 15 is 0 Å². The van der Waals surface area contributed by atoms with Crippen molar-refractivity contribution in [2.75, 3.05) is 6.61 Å². The monoisotopic (exact) mass is 330 g/mol. The molecule has 3 heteroatoms. The highest BCUT2D eigenvalue weighted by molar-refractivity contribution is 9.10. The Bertz CT molecular complexity index is 598. The van der Waals surface area contributed by atoms with E-state index in [0.717, 1.165) is 15.8 Å². The molecule has 0 fully saturated rings. The van der Waals surface area contributed by atoms with Crippen molar-refractivity contribution in [3.63, 3.8) is 0 Å². The van der Waals surface area contributed by atoms with Gasteiger partial charge in [-0.25, -0.2) is 0 Å². The Kier molecular flexibility index (Phi) is 5.13. The molecule has 2 aromatic rings. The van der Waals surface area contributed by atoms with E-state index in [1.165, 1.54) is 0 Å². The molecule has 0 radical (unpaired) electrons. The first-order valence-corrected chi connectivity index (χ1v) is 7.19. The fourth-order valence-corrected chi connectivity index (χ4v) is 1.99. The van der Waals surface area contributed by atoms with Crippen molar-refractivity contribution in [1.82, 2.24) is 0 Å². The Morgan fingerprint density at radius 3 is 2.35 bits per heavy atom. The van der Waals surface area contributed by atoms with Gasteiger partial charge in [-0.2, -0.15) is 0 Å². The van der Waals surface area contributed by atoms with Crippen molar-refractivity contribution in [2.45, 2.75) is 6.92 Å². The normalized spacial score (nSPS) is 10.7. The largest absolute Gasteiger partial charge is 0.494 e. The maximum absolute atomic E-state index is 12.0. The standard InChI is InChI=1S/C17H15BrO2/c1-2-20-16-10-3-13(4-11-16)5-12-17(19)14-6-8-15(18)9-7-14/h3-12H,2H2,1H3/b12-5-. The second-order valence-corrected chi connectivity index (χ2v) is 5.12. The molecule has 0 amide bonds. The van der Waals surface area contributed by atoms with Crippen molar-refractivity contribution in [2.24, 2.45) is 0 Å². The lowest BCUT2D eigenvalue weighted by Gasteiger charge is -2.02. The number of hydrogen-bond donors (Lipinski definition) is 0. The molecule has 0 heterocycles. The summed E-state index contributed by atoms with van der Waals surface area (Å²) in [5.74, 6) is 0.829. The van der Waals surface area contributed by atoms with Crippen molar-refractivity contribution < 1.29 is 9.53 Å². The summed E-state index contributed by atoms with van der Waals surface area (Å²) in [5.41, 5.74) is 1.65. The smallest absolute Gasteiger partial charge is 0.185 e. The van der Waals surface area contributed by atoms with Gasteiger partial charge in [-0.1, -0.05) is 34.1 Å². The number of halogens is 1. The van der Waals surface area contributed by atoms with Crippen LogP contribution in [0.1, 0.15) is 22.8 Å². The van der Waals surface area contributed by atoms with E-state index in [4.69, 9.17) is 4.74 Å². The summed E-state index contributed by atoms with van der Waals surface area (Å²) in [6.07, 6.45) is 3.39. The van der Waals surface area contributed by atoms with E-state index in [0.29, 0.717) is 12.2 Å². The fraction of sp³-hybridized carbons (Fsp3) is 0.118. The summed E-state index contributed by atoms with van der Waals surface area (Å²) in [5, 5.41) is 0. The highest BCUT2D eigenvalue weighted by Gasteiger charge is 2.00. The molecule has 0 atom stereocenters. The average molecular weight is 331 g/mol. The van der Waals surface area contributed by atoms with Gasteiger partial charge in [0.25, 0.3) is 0 Å². The highest BCUT2D eigenvalue weighted by Crippen LogP contribution is 2.14. The molecule has 0 aliphatic rings. The lowest BCUT2D eigenvalue weighted by atomic mass is 10.1. The van der Waals surface area contributed by atoms with E-state index in [1.807, 2.05) is 43.3 Å². The van der Waals surface area contributed by atoms with Gasteiger partial charge in [0.1, 0.15) is 5.75 Å². The van der Waals surface area contributed by atoms with Crippen LogP contribution in [0.15, 0.2) is 59.1 Å². The molecular formula is C17H15BrO2. The Balaban J connectivity index is 2.04. The third-order valence-electron chi connectivity index (χ3n) is 2.75. The number of benzene rings is 2. The Morgan fingerprint density at radius 1 is 1.10 bits per heavy atom. The van der Waals surface area contributed by atoms with Gasteiger partial charge in [-0.3, -0.25) is 4.79 Å². The van der Waals surface area contributed by atoms with Crippen LogP contribution < -0.4 is 4.74 Å². The first-order valence-electron chi connectivity index (χ1n) is 6.40. The number of ether oxygens (including phenoxy) is 1. The summed E-state index contributed by atoms with van der Waals surface area (Å²) in [6.45, 7) is 2.60. The second-order valence-electron chi connectivity index (χ2n) is 4.21. The summed E-state index contributed by atoms with van der Waals surface area (Å²) < 4.78 is 6.33. The van der Waals surface area contributed by atoms with Crippen molar-refractivity contribution in [1.29, 1.82) is 0 Å². The van der Waals surface area contributed by atoms with Crippen molar-refractivity contribution >= 4 is 27.8 Å². The van der Waals surface area contributed by atoms with Crippen LogP contribution in [0.25, 0.3) is 6.08 Å². The lowest BCUT2D eigenvalue weighted by molar-refractivity contribution is 0.104. The number of ketones is 1. The van der Waals surface area contributed by atoms with E-state index < -0.39 is 0 Å².